The Bertz CT molecular complexity index is 579. The van der Waals surface area contributed by atoms with Crippen LogP contribution in [0.5, 0.6) is 0 Å². The molecule has 1 aromatic carbocycles. The minimum absolute atomic E-state index is 0.287. The predicted molar refractivity (Wildman–Crippen MR) is 70.0 cm³/mol. The van der Waals surface area contributed by atoms with Crippen molar-refractivity contribution in [1.29, 1.82) is 0 Å². The van der Waals surface area contributed by atoms with Crippen LogP contribution in [0, 0.1) is 25.5 Å². The third-order valence-corrected chi connectivity index (χ3v) is 2.73. The van der Waals surface area contributed by atoms with Gasteiger partial charge in [0.25, 0.3) is 0 Å². The van der Waals surface area contributed by atoms with E-state index in [1.54, 1.807) is 11.9 Å². The van der Waals surface area contributed by atoms with Crippen LogP contribution in [0.2, 0.25) is 0 Å². The van der Waals surface area contributed by atoms with Crippen LogP contribution in [0.25, 0.3) is 0 Å². The Hall–Kier alpha value is -2.04. The number of halogens is 2. The van der Waals surface area contributed by atoms with E-state index in [-0.39, 0.29) is 6.54 Å². The molecule has 0 unspecified atom stereocenters. The highest BCUT2D eigenvalue weighted by Crippen LogP contribution is 2.15. The molecule has 0 saturated heterocycles. The summed E-state index contributed by atoms with van der Waals surface area (Å²) < 4.78 is 26.4. The first-order valence-electron chi connectivity index (χ1n) is 5.93. The van der Waals surface area contributed by atoms with Gasteiger partial charge in [0.05, 0.1) is 0 Å². The lowest BCUT2D eigenvalue weighted by molar-refractivity contribution is 0.570. The molecule has 0 spiro atoms. The van der Waals surface area contributed by atoms with Gasteiger partial charge in [-0.15, -0.1) is 0 Å². The molecule has 0 N–H and O–H groups in total. The van der Waals surface area contributed by atoms with E-state index in [2.05, 4.69) is 9.97 Å². The fourth-order valence-corrected chi connectivity index (χ4v) is 1.85. The Kier molecular flexibility index (Phi) is 3.74. The number of hydrogen-bond donors (Lipinski definition) is 0. The average molecular weight is 263 g/mol. The zero-order valence-corrected chi connectivity index (χ0v) is 11.1. The molecule has 0 aliphatic heterocycles. The molecule has 2 aromatic rings. The number of anilines is 1. The van der Waals surface area contributed by atoms with E-state index in [0.29, 0.717) is 11.5 Å². The van der Waals surface area contributed by atoms with E-state index >= 15 is 0 Å². The molecule has 19 heavy (non-hydrogen) atoms. The first-order valence-corrected chi connectivity index (χ1v) is 5.93. The molecule has 0 atom stereocenters. The average Bonchev–Trinajstić information content (AvgIpc) is 2.31. The summed E-state index contributed by atoms with van der Waals surface area (Å²) in [5.74, 6) is -0.607. The second-order valence-electron chi connectivity index (χ2n) is 4.54. The Labute approximate surface area is 110 Å². The summed E-state index contributed by atoms with van der Waals surface area (Å²) in [6.45, 7) is 4.05. The maximum Gasteiger partial charge on any atom is 0.225 e. The summed E-state index contributed by atoms with van der Waals surface area (Å²) in [5, 5.41) is 0. The van der Waals surface area contributed by atoms with Crippen molar-refractivity contribution in [3.63, 3.8) is 0 Å². The van der Waals surface area contributed by atoms with Crippen LogP contribution < -0.4 is 4.90 Å². The van der Waals surface area contributed by atoms with Crippen LogP contribution in [0.3, 0.4) is 0 Å². The predicted octanol–water partition coefficient (Wildman–Crippen LogP) is 3.01. The van der Waals surface area contributed by atoms with E-state index in [4.69, 9.17) is 0 Å². The van der Waals surface area contributed by atoms with Crippen molar-refractivity contribution >= 4 is 5.95 Å². The molecule has 0 amide bonds. The van der Waals surface area contributed by atoms with Gasteiger partial charge in [-0.1, -0.05) is 6.07 Å². The highest BCUT2D eigenvalue weighted by atomic mass is 19.1. The summed E-state index contributed by atoms with van der Waals surface area (Å²) >= 11 is 0. The lowest BCUT2D eigenvalue weighted by Crippen LogP contribution is -2.20. The van der Waals surface area contributed by atoms with Crippen LogP contribution >= 0.6 is 0 Å². The summed E-state index contributed by atoms with van der Waals surface area (Å²) in [4.78, 5) is 10.3. The van der Waals surface area contributed by atoms with E-state index in [1.807, 2.05) is 19.9 Å². The van der Waals surface area contributed by atoms with E-state index in [1.165, 1.54) is 12.1 Å². The molecule has 0 aliphatic rings. The molecule has 100 valence electrons. The second-order valence-corrected chi connectivity index (χ2v) is 4.54. The number of aromatic nitrogens is 2. The third kappa shape index (κ3) is 3.24. The summed E-state index contributed by atoms with van der Waals surface area (Å²) in [6.07, 6.45) is 0. The Morgan fingerprint density at radius 2 is 1.68 bits per heavy atom. The van der Waals surface area contributed by atoms with Gasteiger partial charge in [-0.3, -0.25) is 0 Å². The number of nitrogens with zero attached hydrogens (tertiary/aromatic N) is 3. The van der Waals surface area contributed by atoms with Crippen molar-refractivity contribution in [2.24, 2.45) is 0 Å². The summed E-state index contributed by atoms with van der Waals surface area (Å²) in [7, 11) is 1.77. The Morgan fingerprint density at radius 1 is 1.05 bits per heavy atom. The Morgan fingerprint density at radius 3 is 2.26 bits per heavy atom. The van der Waals surface area contributed by atoms with Gasteiger partial charge in [-0.2, -0.15) is 0 Å². The molecular formula is C14H15F2N3. The quantitative estimate of drug-likeness (QED) is 0.852. The summed E-state index contributed by atoms with van der Waals surface area (Å²) in [6, 6.07) is 5.43. The maximum absolute atomic E-state index is 13.6. The monoisotopic (exact) mass is 263 g/mol. The molecule has 5 heteroatoms. The van der Waals surface area contributed by atoms with Crippen molar-refractivity contribution in [1.82, 2.24) is 9.97 Å². The van der Waals surface area contributed by atoms with E-state index in [9.17, 15) is 8.78 Å². The lowest BCUT2D eigenvalue weighted by atomic mass is 10.2. The molecular weight excluding hydrogens is 248 g/mol. The second kappa shape index (κ2) is 5.30. The molecule has 3 nitrogen and oxygen atoms in total. The van der Waals surface area contributed by atoms with E-state index in [0.717, 1.165) is 17.5 Å². The van der Waals surface area contributed by atoms with Gasteiger partial charge in [-0.25, -0.2) is 18.7 Å². The van der Waals surface area contributed by atoms with Gasteiger partial charge >= 0.3 is 0 Å². The van der Waals surface area contributed by atoms with Crippen molar-refractivity contribution in [3.8, 4) is 0 Å². The van der Waals surface area contributed by atoms with Crippen molar-refractivity contribution in [2.45, 2.75) is 20.4 Å². The topological polar surface area (TPSA) is 29.0 Å². The number of aryl methyl sites for hydroxylation is 2. The maximum atomic E-state index is 13.6. The molecule has 0 saturated carbocycles. The molecule has 1 heterocycles. The summed E-state index contributed by atoms with van der Waals surface area (Å²) in [5.41, 5.74) is 2.12. The lowest BCUT2D eigenvalue weighted by Gasteiger charge is -2.18. The van der Waals surface area contributed by atoms with Gasteiger partial charge in [0.15, 0.2) is 0 Å². The standard InChI is InChI=1S/C14H15F2N3/c1-9-6-10(2)18-14(17-9)19(3)8-11-4-5-12(15)7-13(11)16/h4-7H,8H2,1-3H3. The van der Waals surface area contributed by atoms with Crippen molar-refractivity contribution in [3.05, 3.63) is 52.9 Å². The Balaban J connectivity index is 2.22. The third-order valence-electron chi connectivity index (χ3n) is 2.73. The number of rotatable bonds is 3. The zero-order chi connectivity index (χ0) is 14.0. The van der Waals surface area contributed by atoms with Crippen LogP contribution in [0.1, 0.15) is 17.0 Å². The van der Waals surface area contributed by atoms with Crippen molar-refractivity contribution in [2.75, 3.05) is 11.9 Å². The molecule has 0 bridgehead atoms. The first kappa shape index (κ1) is 13.4. The van der Waals surface area contributed by atoms with Gasteiger partial charge < -0.3 is 4.90 Å². The molecule has 1 aromatic heterocycles. The molecule has 0 fully saturated rings. The highest BCUT2D eigenvalue weighted by molar-refractivity contribution is 5.33. The molecule has 0 radical (unpaired) electrons. The fraction of sp³-hybridized carbons (Fsp3) is 0.286. The number of hydrogen-bond acceptors (Lipinski definition) is 3. The number of benzene rings is 1. The smallest absolute Gasteiger partial charge is 0.225 e. The minimum Gasteiger partial charge on any atom is -0.339 e. The van der Waals surface area contributed by atoms with Crippen LogP contribution in [0.4, 0.5) is 14.7 Å². The molecule has 0 aliphatic carbocycles. The normalized spacial score (nSPS) is 10.6. The van der Waals surface area contributed by atoms with Crippen molar-refractivity contribution < 1.29 is 8.78 Å². The highest BCUT2D eigenvalue weighted by Gasteiger charge is 2.10. The van der Waals surface area contributed by atoms with Gasteiger partial charge in [0.1, 0.15) is 11.6 Å². The first-order chi connectivity index (χ1) is 8.95. The van der Waals surface area contributed by atoms with Crippen LogP contribution in [-0.4, -0.2) is 17.0 Å². The van der Waals surface area contributed by atoms with Crippen LogP contribution in [0.15, 0.2) is 24.3 Å². The molecule has 2 rings (SSSR count). The van der Waals surface area contributed by atoms with Gasteiger partial charge in [0.2, 0.25) is 5.95 Å². The SMILES string of the molecule is Cc1cc(C)nc(N(C)Cc2ccc(F)cc2F)n1. The minimum atomic E-state index is -0.577. The van der Waals surface area contributed by atoms with E-state index < -0.39 is 11.6 Å². The van der Waals surface area contributed by atoms with Crippen LogP contribution in [-0.2, 0) is 6.54 Å². The van der Waals surface area contributed by atoms with Gasteiger partial charge in [-0.05, 0) is 26.0 Å². The van der Waals surface area contributed by atoms with Gasteiger partial charge in [0, 0.05) is 36.6 Å². The zero-order valence-electron chi connectivity index (χ0n) is 11.1. The fourth-order valence-electron chi connectivity index (χ4n) is 1.85. The largest absolute Gasteiger partial charge is 0.339 e.